The van der Waals surface area contributed by atoms with Gasteiger partial charge in [0.25, 0.3) is 0 Å². The van der Waals surface area contributed by atoms with Crippen molar-refractivity contribution in [3.63, 3.8) is 0 Å². The van der Waals surface area contributed by atoms with E-state index in [9.17, 15) is 9.59 Å². The predicted octanol–water partition coefficient (Wildman–Crippen LogP) is 2.96. The van der Waals surface area contributed by atoms with E-state index in [0.29, 0.717) is 6.04 Å². The number of rotatable bonds is 6. The van der Waals surface area contributed by atoms with E-state index in [2.05, 4.69) is 0 Å². The molecule has 0 heterocycles. The number of hydrogen-bond donors (Lipinski definition) is 0. The quantitative estimate of drug-likeness (QED) is 0.746. The molecule has 0 N–H and O–H groups in total. The van der Waals surface area contributed by atoms with Gasteiger partial charge in [-0.2, -0.15) is 0 Å². The first-order valence-electron chi connectivity index (χ1n) is 8.84. The smallest absolute Gasteiger partial charge is 0.246 e. The van der Waals surface area contributed by atoms with Crippen LogP contribution in [0.5, 0.6) is 5.75 Å². The Hall–Kier alpha value is -2.30. The summed E-state index contributed by atoms with van der Waals surface area (Å²) in [4.78, 5) is 27.9. The van der Waals surface area contributed by atoms with Crippen molar-refractivity contribution in [1.82, 2.24) is 9.80 Å². The Labute approximate surface area is 150 Å². The number of benzene rings is 1. The van der Waals surface area contributed by atoms with Crippen LogP contribution in [0.2, 0.25) is 0 Å². The van der Waals surface area contributed by atoms with Gasteiger partial charge in [-0.05, 0) is 36.6 Å². The van der Waals surface area contributed by atoms with Crippen LogP contribution in [0.25, 0.3) is 6.08 Å². The molecule has 0 atom stereocenters. The summed E-state index contributed by atoms with van der Waals surface area (Å²) in [7, 11) is 5.11. The summed E-state index contributed by atoms with van der Waals surface area (Å²) in [6.45, 7) is 0.105. The molecule has 25 heavy (non-hydrogen) atoms. The minimum atomic E-state index is -0.187. The van der Waals surface area contributed by atoms with Crippen LogP contribution in [0.3, 0.4) is 0 Å². The second-order valence-electron chi connectivity index (χ2n) is 6.60. The summed E-state index contributed by atoms with van der Waals surface area (Å²) < 4.78 is 5.17. The molecule has 0 aromatic heterocycles. The molecule has 0 spiro atoms. The first-order valence-corrected chi connectivity index (χ1v) is 8.84. The van der Waals surface area contributed by atoms with Crippen LogP contribution < -0.4 is 4.74 Å². The lowest BCUT2D eigenvalue weighted by Crippen LogP contribution is -2.44. The molecule has 1 fully saturated rings. The van der Waals surface area contributed by atoms with E-state index in [-0.39, 0.29) is 18.4 Å². The topological polar surface area (TPSA) is 49.9 Å². The molecule has 5 nitrogen and oxygen atoms in total. The van der Waals surface area contributed by atoms with Crippen molar-refractivity contribution in [2.75, 3.05) is 27.7 Å². The molecule has 1 aromatic rings. The normalized spacial score (nSPS) is 15.2. The van der Waals surface area contributed by atoms with Gasteiger partial charge in [-0.15, -0.1) is 0 Å². The Bertz CT molecular complexity index is 621. The second-order valence-corrected chi connectivity index (χ2v) is 6.60. The molecule has 5 heteroatoms. The molecule has 0 aliphatic heterocycles. The summed E-state index contributed by atoms with van der Waals surface area (Å²) >= 11 is 0. The van der Waals surface area contributed by atoms with Gasteiger partial charge < -0.3 is 14.5 Å². The Morgan fingerprint density at radius 1 is 1.20 bits per heavy atom. The Morgan fingerprint density at radius 3 is 2.60 bits per heavy atom. The zero-order valence-corrected chi connectivity index (χ0v) is 15.4. The van der Waals surface area contributed by atoms with E-state index >= 15 is 0 Å². The maximum atomic E-state index is 12.4. The van der Waals surface area contributed by atoms with Gasteiger partial charge in [0.2, 0.25) is 11.8 Å². The average molecular weight is 344 g/mol. The molecule has 2 amide bonds. The summed E-state index contributed by atoms with van der Waals surface area (Å²) in [6.07, 6.45) is 8.97. The lowest BCUT2D eigenvalue weighted by atomic mass is 9.94. The third kappa shape index (κ3) is 5.62. The SMILES string of the molecule is COc1cccc(/C=C/C(=O)N(C)CC(=O)N(C)C2CCCCC2)c1. The van der Waals surface area contributed by atoms with Crippen LogP contribution in [-0.2, 0) is 9.59 Å². The highest BCUT2D eigenvalue weighted by Crippen LogP contribution is 2.21. The van der Waals surface area contributed by atoms with E-state index in [1.807, 2.05) is 36.2 Å². The van der Waals surface area contributed by atoms with Gasteiger partial charge in [-0.1, -0.05) is 31.4 Å². The van der Waals surface area contributed by atoms with Gasteiger partial charge >= 0.3 is 0 Å². The van der Waals surface area contributed by atoms with Crippen LogP contribution in [0.1, 0.15) is 37.7 Å². The number of methoxy groups -OCH3 is 1. The highest BCUT2D eigenvalue weighted by molar-refractivity contribution is 5.94. The fraction of sp³-hybridized carbons (Fsp3) is 0.500. The first-order chi connectivity index (χ1) is 12.0. The van der Waals surface area contributed by atoms with Gasteiger partial charge in [0.05, 0.1) is 13.7 Å². The second kappa shape index (κ2) is 9.25. The Kier molecular flexibility index (Phi) is 7.04. The molecule has 2 rings (SSSR count). The van der Waals surface area contributed by atoms with Crippen molar-refractivity contribution < 1.29 is 14.3 Å². The zero-order valence-electron chi connectivity index (χ0n) is 15.4. The summed E-state index contributed by atoms with van der Waals surface area (Å²) in [5.41, 5.74) is 0.881. The van der Waals surface area contributed by atoms with E-state index in [0.717, 1.165) is 24.2 Å². The number of carbonyl (C=O) groups is 2. The van der Waals surface area contributed by atoms with Gasteiger partial charge in [-0.3, -0.25) is 9.59 Å². The van der Waals surface area contributed by atoms with Crippen molar-refractivity contribution in [1.29, 1.82) is 0 Å². The van der Waals surface area contributed by atoms with E-state index in [1.54, 1.807) is 20.2 Å². The van der Waals surface area contributed by atoms with Crippen LogP contribution in [0.4, 0.5) is 0 Å². The number of likely N-dealkylation sites (N-methyl/N-ethyl adjacent to an activating group) is 2. The van der Waals surface area contributed by atoms with Gasteiger partial charge in [0.1, 0.15) is 5.75 Å². The van der Waals surface area contributed by atoms with Crippen molar-refractivity contribution in [3.8, 4) is 5.75 Å². The van der Waals surface area contributed by atoms with Crippen LogP contribution in [0.15, 0.2) is 30.3 Å². The lowest BCUT2D eigenvalue weighted by molar-refractivity contribution is -0.138. The molecule has 1 saturated carbocycles. The van der Waals surface area contributed by atoms with E-state index in [1.165, 1.54) is 30.2 Å². The summed E-state index contributed by atoms with van der Waals surface area (Å²) in [5.74, 6) is 0.554. The molecule has 1 aromatic carbocycles. The van der Waals surface area contributed by atoms with Crippen LogP contribution in [-0.4, -0.2) is 55.4 Å². The maximum absolute atomic E-state index is 12.4. The molecule has 136 valence electrons. The van der Waals surface area contributed by atoms with E-state index in [4.69, 9.17) is 4.74 Å². The number of ether oxygens (including phenoxy) is 1. The lowest BCUT2D eigenvalue weighted by Gasteiger charge is -2.32. The maximum Gasteiger partial charge on any atom is 0.246 e. The van der Waals surface area contributed by atoms with Crippen molar-refractivity contribution in [3.05, 3.63) is 35.9 Å². The van der Waals surface area contributed by atoms with Crippen molar-refractivity contribution >= 4 is 17.9 Å². The van der Waals surface area contributed by atoms with Crippen molar-refractivity contribution in [2.45, 2.75) is 38.1 Å². The van der Waals surface area contributed by atoms with Gasteiger partial charge in [0.15, 0.2) is 0 Å². The molecule has 1 aliphatic rings. The minimum Gasteiger partial charge on any atom is -0.497 e. The predicted molar refractivity (Wildman–Crippen MR) is 99.3 cm³/mol. The fourth-order valence-electron chi connectivity index (χ4n) is 3.10. The minimum absolute atomic E-state index is 0.00229. The van der Waals surface area contributed by atoms with Gasteiger partial charge in [0, 0.05) is 26.2 Å². The van der Waals surface area contributed by atoms with Crippen LogP contribution in [0, 0.1) is 0 Å². The highest BCUT2D eigenvalue weighted by atomic mass is 16.5. The third-order valence-corrected chi connectivity index (χ3v) is 4.78. The molecule has 0 radical (unpaired) electrons. The van der Waals surface area contributed by atoms with Gasteiger partial charge in [-0.25, -0.2) is 0 Å². The molecular formula is C20H28N2O3. The van der Waals surface area contributed by atoms with Crippen molar-refractivity contribution in [2.24, 2.45) is 0 Å². The molecule has 0 saturated heterocycles. The third-order valence-electron chi connectivity index (χ3n) is 4.78. The summed E-state index contributed by atoms with van der Waals surface area (Å²) in [6, 6.07) is 7.79. The number of carbonyl (C=O) groups excluding carboxylic acids is 2. The highest BCUT2D eigenvalue weighted by Gasteiger charge is 2.23. The fourth-order valence-corrected chi connectivity index (χ4v) is 3.10. The summed E-state index contributed by atoms with van der Waals surface area (Å²) in [5, 5.41) is 0. The Morgan fingerprint density at radius 2 is 1.92 bits per heavy atom. The number of amides is 2. The molecular weight excluding hydrogens is 316 g/mol. The molecule has 1 aliphatic carbocycles. The first kappa shape index (κ1) is 19.0. The molecule has 0 unspecified atom stereocenters. The largest absolute Gasteiger partial charge is 0.497 e. The monoisotopic (exact) mass is 344 g/mol. The molecule has 0 bridgehead atoms. The average Bonchev–Trinajstić information content (AvgIpc) is 2.66. The van der Waals surface area contributed by atoms with E-state index < -0.39 is 0 Å². The Balaban J connectivity index is 1.88. The van der Waals surface area contributed by atoms with Crippen LogP contribution >= 0.6 is 0 Å². The number of nitrogens with zero attached hydrogens (tertiary/aromatic N) is 2. The number of hydrogen-bond acceptors (Lipinski definition) is 3. The zero-order chi connectivity index (χ0) is 18.2. The standard InChI is InChI=1S/C20H28N2O3/c1-21(15-20(24)22(2)17-9-5-4-6-10-17)19(23)13-12-16-8-7-11-18(14-16)25-3/h7-8,11-14,17H,4-6,9-10,15H2,1-3H3/b13-12+.